The molecule has 0 aromatic heterocycles. The molecular formula is C8H22N4. The van der Waals surface area contributed by atoms with Crippen molar-refractivity contribution in [2.45, 2.75) is 38.0 Å². The van der Waals surface area contributed by atoms with Gasteiger partial charge in [0.25, 0.3) is 0 Å². The molecule has 0 aliphatic heterocycles. The number of nitrogens with zero attached hydrogens (tertiary/aromatic N) is 1. The van der Waals surface area contributed by atoms with Crippen molar-refractivity contribution >= 4 is 0 Å². The Balaban J connectivity index is 3.75. The van der Waals surface area contributed by atoms with Gasteiger partial charge in [-0.1, -0.05) is 6.92 Å². The van der Waals surface area contributed by atoms with E-state index in [1.54, 1.807) is 0 Å². The van der Waals surface area contributed by atoms with Gasteiger partial charge >= 0.3 is 0 Å². The van der Waals surface area contributed by atoms with E-state index in [9.17, 15) is 0 Å². The van der Waals surface area contributed by atoms with Crippen LogP contribution in [0, 0.1) is 0 Å². The zero-order chi connectivity index (χ0) is 9.72. The first-order chi connectivity index (χ1) is 5.49. The van der Waals surface area contributed by atoms with E-state index >= 15 is 0 Å². The molecule has 0 amide bonds. The van der Waals surface area contributed by atoms with Gasteiger partial charge in [0.2, 0.25) is 0 Å². The Morgan fingerprint density at radius 2 is 1.58 bits per heavy atom. The number of nitrogens with two attached hydrogens (primary N) is 3. The summed E-state index contributed by atoms with van der Waals surface area (Å²) in [6.45, 7) is 2.03. The molecule has 0 heterocycles. The predicted octanol–water partition coefficient (Wildman–Crippen LogP) is -0.712. The topological polar surface area (TPSA) is 81.3 Å². The van der Waals surface area contributed by atoms with Gasteiger partial charge in [0.1, 0.15) is 0 Å². The number of hydrogen-bond acceptors (Lipinski definition) is 4. The van der Waals surface area contributed by atoms with E-state index in [1.807, 2.05) is 25.9 Å². The highest BCUT2D eigenvalue weighted by molar-refractivity contribution is 4.78. The second kappa shape index (κ2) is 5.48. The Morgan fingerprint density at radius 1 is 1.08 bits per heavy atom. The fourth-order valence-corrected chi connectivity index (χ4v) is 0.967. The van der Waals surface area contributed by atoms with E-state index in [-0.39, 0.29) is 18.2 Å². The quantitative estimate of drug-likeness (QED) is 0.481. The minimum absolute atomic E-state index is 0.00685. The third-order valence-electron chi connectivity index (χ3n) is 2.20. The molecule has 0 bridgehead atoms. The van der Waals surface area contributed by atoms with Gasteiger partial charge in [-0.15, -0.1) is 0 Å². The van der Waals surface area contributed by atoms with Crippen molar-refractivity contribution in [1.82, 2.24) is 4.90 Å². The van der Waals surface area contributed by atoms with Crippen molar-refractivity contribution in [1.29, 1.82) is 0 Å². The first kappa shape index (κ1) is 11.8. The first-order valence-corrected chi connectivity index (χ1v) is 4.42. The maximum Gasteiger partial charge on any atom is 0.0582 e. The average molecular weight is 174 g/mol. The lowest BCUT2D eigenvalue weighted by Crippen LogP contribution is -2.48. The smallest absolute Gasteiger partial charge is 0.0582 e. The highest BCUT2D eigenvalue weighted by atomic mass is 15.2. The van der Waals surface area contributed by atoms with Gasteiger partial charge in [0, 0.05) is 12.1 Å². The molecule has 0 aliphatic rings. The SMILES string of the molecule is CCC(N)C(N)CC(N)N(C)C. The van der Waals surface area contributed by atoms with Gasteiger partial charge in [-0.05, 0) is 26.9 Å². The van der Waals surface area contributed by atoms with Crippen LogP contribution in [0.1, 0.15) is 19.8 Å². The molecule has 0 fully saturated rings. The van der Waals surface area contributed by atoms with Crippen LogP contribution in [-0.4, -0.2) is 37.2 Å². The van der Waals surface area contributed by atoms with Crippen LogP contribution in [0.15, 0.2) is 0 Å². The van der Waals surface area contributed by atoms with Gasteiger partial charge in [-0.2, -0.15) is 0 Å². The van der Waals surface area contributed by atoms with E-state index in [4.69, 9.17) is 17.2 Å². The Morgan fingerprint density at radius 3 is 1.92 bits per heavy atom. The third kappa shape index (κ3) is 4.01. The maximum absolute atomic E-state index is 5.83. The summed E-state index contributed by atoms with van der Waals surface area (Å²) in [4.78, 5) is 1.95. The normalized spacial score (nSPS) is 19.2. The van der Waals surface area contributed by atoms with Crippen LogP contribution >= 0.6 is 0 Å². The highest BCUT2D eigenvalue weighted by Crippen LogP contribution is 2.01. The summed E-state index contributed by atoms with van der Waals surface area (Å²) in [5, 5.41) is 0. The molecule has 12 heavy (non-hydrogen) atoms. The molecule has 74 valence electrons. The zero-order valence-corrected chi connectivity index (χ0v) is 8.33. The van der Waals surface area contributed by atoms with E-state index in [0.29, 0.717) is 0 Å². The van der Waals surface area contributed by atoms with Crippen LogP contribution in [0.3, 0.4) is 0 Å². The molecule has 3 atom stereocenters. The summed E-state index contributed by atoms with van der Waals surface area (Å²) in [5.74, 6) is 0. The Labute approximate surface area is 75.1 Å². The van der Waals surface area contributed by atoms with Crippen molar-refractivity contribution < 1.29 is 0 Å². The molecule has 0 radical (unpaired) electrons. The second-order valence-corrected chi connectivity index (χ2v) is 3.50. The highest BCUT2D eigenvalue weighted by Gasteiger charge is 2.15. The molecule has 0 saturated carbocycles. The number of rotatable bonds is 5. The van der Waals surface area contributed by atoms with Crippen molar-refractivity contribution in [3.05, 3.63) is 0 Å². The van der Waals surface area contributed by atoms with Crippen LogP contribution in [-0.2, 0) is 0 Å². The fraction of sp³-hybridized carbons (Fsp3) is 1.00. The third-order valence-corrected chi connectivity index (χ3v) is 2.20. The van der Waals surface area contributed by atoms with Crippen LogP contribution in [0.25, 0.3) is 0 Å². The first-order valence-electron chi connectivity index (χ1n) is 4.42. The summed E-state index contributed by atoms with van der Waals surface area (Å²) >= 11 is 0. The summed E-state index contributed by atoms with van der Waals surface area (Å²) in [5.41, 5.74) is 17.4. The van der Waals surface area contributed by atoms with Crippen molar-refractivity contribution in [3.8, 4) is 0 Å². The molecule has 0 aliphatic carbocycles. The van der Waals surface area contributed by atoms with Gasteiger partial charge in [0.05, 0.1) is 6.17 Å². The van der Waals surface area contributed by atoms with E-state index in [1.165, 1.54) is 0 Å². The van der Waals surface area contributed by atoms with Gasteiger partial charge in [0.15, 0.2) is 0 Å². The summed E-state index contributed by atoms with van der Waals surface area (Å²) in [7, 11) is 3.88. The predicted molar refractivity (Wildman–Crippen MR) is 52.5 cm³/mol. The van der Waals surface area contributed by atoms with Gasteiger partial charge < -0.3 is 17.2 Å². The van der Waals surface area contributed by atoms with Crippen LogP contribution in [0.4, 0.5) is 0 Å². The molecule has 3 unspecified atom stereocenters. The number of hydrogen-bond donors (Lipinski definition) is 3. The standard InChI is InChI=1S/C8H22N4/c1-4-6(9)7(10)5-8(11)12(2)3/h6-8H,4-5,9-11H2,1-3H3. The molecule has 0 rings (SSSR count). The molecule has 0 aromatic rings. The van der Waals surface area contributed by atoms with E-state index < -0.39 is 0 Å². The second-order valence-electron chi connectivity index (χ2n) is 3.50. The summed E-state index contributed by atoms with van der Waals surface area (Å²) in [6.07, 6.45) is 1.67. The fourth-order valence-electron chi connectivity index (χ4n) is 0.967. The minimum Gasteiger partial charge on any atom is -0.326 e. The zero-order valence-electron chi connectivity index (χ0n) is 8.33. The molecule has 0 saturated heterocycles. The summed E-state index contributed by atoms with van der Waals surface area (Å²) in [6, 6.07) is 0.0726. The Kier molecular flexibility index (Phi) is 5.41. The molecule has 4 nitrogen and oxygen atoms in total. The van der Waals surface area contributed by atoms with Crippen LogP contribution in [0.2, 0.25) is 0 Å². The van der Waals surface area contributed by atoms with E-state index in [0.717, 1.165) is 12.8 Å². The van der Waals surface area contributed by atoms with Crippen LogP contribution < -0.4 is 17.2 Å². The van der Waals surface area contributed by atoms with Crippen molar-refractivity contribution in [3.63, 3.8) is 0 Å². The van der Waals surface area contributed by atoms with Crippen molar-refractivity contribution in [2.24, 2.45) is 17.2 Å². The largest absolute Gasteiger partial charge is 0.326 e. The Bertz CT molecular complexity index is 116. The van der Waals surface area contributed by atoms with E-state index in [2.05, 4.69) is 0 Å². The lowest BCUT2D eigenvalue weighted by molar-refractivity contribution is 0.260. The molecule has 0 aromatic carbocycles. The summed E-state index contributed by atoms with van der Waals surface area (Å²) < 4.78 is 0. The molecule has 4 heteroatoms. The Hall–Kier alpha value is -0.160. The molecule has 0 spiro atoms. The van der Waals surface area contributed by atoms with Gasteiger partial charge in [-0.3, -0.25) is 4.90 Å². The monoisotopic (exact) mass is 174 g/mol. The maximum atomic E-state index is 5.83. The average Bonchev–Trinajstić information content (AvgIpc) is 2.02. The van der Waals surface area contributed by atoms with Gasteiger partial charge in [-0.25, -0.2) is 0 Å². The van der Waals surface area contributed by atoms with Crippen molar-refractivity contribution in [2.75, 3.05) is 14.1 Å². The lowest BCUT2D eigenvalue weighted by Gasteiger charge is -2.25. The lowest BCUT2D eigenvalue weighted by atomic mass is 10.0. The van der Waals surface area contributed by atoms with Crippen LogP contribution in [0.5, 0.6) is 0 Å². The molecule has 6 N–H and O–H groups in total. The molecular weight excluding hydrogens is 152 g/mol. The minimum atomic E-state index is 0.00685.